The molecule has 4 unspecified atom stereocenters. The van der Waals surface area contributed by atoms with Gasteiger partial charge in [-0.25, -0.2) is 9.98 Å². The molecular formula is C22H24Br2N10O3. The second-order valence-electron chi connectivity index (χ2n) is 8.99. The third-order valence-corrected chi connectivity index (χ3v) is 7.75. The highest BCUT2D eigenvalue weighted by atomic mass is 79.9. The zero-order valence-electron chi connectivity index (χ0n) is 19.2. The van der Waals surface area contributed by atoms with Gasteiger partial charge in [-0.15, -0.1) is 0 Å². The Morgan fingerprint density at radius 3 is 2.03 bits per heavy atom. The smallest absolute Gasteiger partial charge is 0.267 e. The van der Waals surface area contributed by atoms with E-state index >= 15 is 0 Å². The minimum atomic E-state index is -0.762. The van der Waals surface area contributed by atoms with Crippen molar-refractivity contribution in [3.05, 3.63) is 56.8 Å². The van der Waals surface area contributed by atoms with Crippen molar-refractivity contribution in [1.82, 2.24) is 35.9 Å². The molecule has 15 heteroatoms. The molecule has 0 radical (unpaired) electrons. The lowest BCUT2D eigenvalue weighted by Crippen LogP contribution is -2.59. The van der Waals surface area contributed by atoms with Crippen LogP contribution in [0.2, 0.25) is 0 Å². The molecule has 13 nitrogen and oxygen atoms in total. The first kappa shape index (κ1) is 25.1. The lowest BCUT2D eigenvalue weighted by Gasteiger charge is -2.53. The van der Waals surface area contributed by atoms with Gasteiger partial charge in [0.25, 0.3) is 17.7 Å². The number of rotatable bonds is 8. The molecule has 3 aromatic rings. The quantitative estimate of drug-likeness (QED) is 0.179. The molecule has 1 fully saturated rings. The minimum absolute atomic E-state index is 0.0472. The lowest BCUT2D eigenvalue weighted by atomic mass is 9.53. The highest BCUT2D eigenvalue weighted by Crippen LogP contribution is 2.54. The Labute approximate surface area is 227 Å². The number of H-pyrrole nitrogens is 3. The monoisotopic (exact) mass is 634 g/mol. The summed E-state index contributed by atoms with van der Waals surface area (Å²) in [5.74, 6) is -1.60. The fourth-order valence-electron chi connectivity index (χ4n) is 5.22. The molecule has 5 atom stereocenters. The highest BCUT2D eigenvalue weighted by molar-refractivity contribution is 9.10. The van der Waals surface area contributed by atoms with Crippen LogP contribution in [-0.4, -0.2) is 62.7 Å². The van der Waals surface area contributed by atoms with Crippen molar-refractivity contribution in [3.8, 4) is 0 Å². The van der Waals surface area contributed by atoms with Gasteiger partial charge in [0.1, 0.15) is 17.4 Å². The molecule has 1 aliphatic heterocycles. The Morgan fingerprint density at radius 1 is 0.973 bits per heavy atom. The van der Waals surface area contributed by atoms with Gasteiger partial charge < -0.3 is 37.1 Å². The van der Waals surface area contributed by atoms with Crippen LogP contribution in [0, 0.1) is 17.8 Å². The van der Waals surface area contributed by atoms with Crippen LogP contribution in [0.4, 0.5) is 5.95 Å². The molecule has 10 N–H and O–H groups in total. The van der Waals surface area contributed by atoms with Crippen LogP contribution in [0.5, 0.6) is 0 Å². The summed E-state index contributed by atoms with van der Waals surface area (Å²) in [6.45, 7) is 0.520. The average molecular weight is 636 g/mol. The predicted molar refractivity (Wildman–Crippen MR) is 141 cm³/mol. The molecule has 3 aromatic heterocycles. The first-order valence-corrected chi connectivity index (χ1v) is 13.0. The zero-order valence-corrected chi connectivity index (χ0v) is 22.4. The Balaban J connectivity index is 1.41. The van der Waals surface area contributed by atoms with E-state index in [1.807, 2.05) is 0 Å². The molecule has 194 valence electrons. The van der Waals surface area contributed by atoms with Crippen LogP contribution in [0.25, 0.3) is 0 Å². The number of nitrogens with one attached hydrogen (secondary N) is 6. The second kappa shape index (κ2) is 10.0. The van der Waals surface area contributed by atoms with E-state index in [4.69, 9.17) is 11.5 Å². The average Bonchev–Trinajstić information content (AvgIpc) is 3.63. The molecule has 2 aliphatic rings. The number of amides is 3. The van der Waals surface area contributed by atoms with Gasteiger partial charge in [-0.05, 0) is 55.8 Å². The second-order valence-corrected chi connectivity index (χ2v) is 10.8. The van der Waals surface area contributed by atoms with Crippen LogP contribution in [-0.2, 0) is 4.79 Å². The maximum absolute atomic E-state index is 12.8. The Bertz CT molecular complexity index is 1380. The summed E-state index contributed by atoms with van der Waals surface area (Å²) >= 11 is 6.65. The number of hydrogen-bond donors (Lipinski definition) is 8. The van der Waals surface area contributed by atoms with E-state index in [1.54, 1.807) is 30.7 Å². The number of imidazole rings is 1. The molecule has 0 saturated heterocycles. The van der Waals surface area contributed by atoms with Crippen LogP contribution in [0.1, 0.15) is 32.6 Å². The molecule has 0 bridgehead atoms. The summed E-state index contributed by atoms with van der Waals surface area (Å²) in [4.78, 5) is 55.6. The third kappa shape index (κ3) is 5.00. The SMILES string of the molecule is NC1=NC([C@H]2C(CNC(=O)c3cc(Br)c[nH]3)C(CNC(=O)c3cc(Br)c[nH]3)C2c2cnc(N)[nH]2)C(=O)N1. The number of nitrogens with zero attached hydrogens (tertiary/aromatic N) is 2. The van der Waals surface area contributed by atoms with E-state index < -0.39 is 6.04 Å². The summed E-state index contributed by atoms with van der Waals surface area (Å²) in [5, 5.41) is 8.47. The van der Waals surface area contributed by atoms with E-state index in [0.29, 0.717) is 17.1 Å². The number of nitrogens with two attached hydrogens (primary N) is 2. The van der Waals surface area contributed by atoms with Crippen molar-refractivity contribution < 1.29 is 14.4 Å². The van der Waals surface area contributed by atoms with E-state index in [-0.39, 0.29) is 66.4 Å². The van der Waals surface area contributed by atoms with Crippen LogP contribution in [0.15, 0.2) is 44.7 Å². The summed E-state index contributed by atoms with van der Waals surface area (Å²) in [5.41, 5.74) is 13.2. The number of halogens is 2. The Kier molecular flexibility index (Phi) is 6.81. The van der Waals surface area contributed by atoms with Gasteiger partial charge in [0.15, 0.2) is 11.9 Å². The number of hydrogen-bond acceptors (Lipinski definition) is 7. The van der Waals surface area contributed by atoms with E-state index in [9.17, 15) is 14.4 Å². The van der Waals surface area contributed by atoms with Crippen LogP contribution in [0.3, 0.4) is 0 Å². The topological polar surface area (TPSA) is 212 Å². The first-order chi connectivity index (χ1) is 17.7. The first-order valence-electron chi connectivity index (χ1n) is 11.4. The van der Waals surface area contributed by atoms with Crippen molar-refractivity contribution in [3.63, 3.8) is 0 Å². The van der Waals surface area contributed by atoms with Gasteiger partial charge in [-0.3, -0.25) is 19.7 Å². The maximum atomic E-state index is 12.8. The van der Waals surface area contributed by atoms with Gasteiger partial charge in [-0.1, -0.05) is 0 Å². The maximum Gasteiger partial charge on any atom is 0.267 e. The number of nitrogen functional groups attached to an aromatic ring is 1. The van der Waals surface area contributed by atoms with Gasteiger partial charge in [-0.2, -0.15) is 0 Å². The fraction of sp³-hybridized carbons (Fsp3) is 0.318. The number of anilines is 1. The van der Waals surface area contributed by atoms with E-state index in [2.05, 4.69) is 72.7 Å². The largest absolute Gasteiger partial charge is 0.370 e. The van der Waals surface area contributed by atoms with Crippen molar-refractivity contribution in [2.75, 3.05) is 18.8 Å². The number of aliphatic imine (C=N–C) groups is 1. The number of guanidine groups is 1. The molecule has 5 rings (SSSR count). The molecule has 3 amide bonds. The minimum Gasteiger partial charge on any atom is -0.370 e. The van der Waals surface area contributed by atoms with Crippen molar-refractivity contribution >= 4 is 61.5 Å². The van der Waals surface area contributed by atoms with Crippen LogP contribution < -0.4 is 27.4 Å². The van der Waals surface area contributed by atoms with Gasteiger partial charge in [0, 0.05) is 52.0 Å². The standard InChI is InChI=1S/C22H24Br2N10O3/c23-8-1-12(27-3-8)18(35)29-5-10-11(6-30-19(36)13-2-9(24)4-28-13)16(17-20(37)34-22(26)33-17)15(10)14-7-31-21(25)32-14/h1-4,7,10-11,15-17,27-28H,5-6H2,(H,29,35)(H,30,36)(H3,25,31,32)(H3,26,33,34,37)/t10?,11?,15?,16-,17?/m0/s1. The van der Waals surface area contributed by atoms with E-state index in [0.717, 1.165) is 8.95 Å². The number of carbonyl (C=O) groups is 3. The molecule has 4 heterocycles. The normalized spacial score (nSPS) is 24.8. The van der Waals surface area contributed by atoms with Crippen molar-refractivity contribution in [2.24, 2.45) is 28.5 Å². The summed E-state index contributed by atoms with van der Waals surface area (Å²) in [6, 6.07) is 2.59. The molecule has 37 heavy (non-hydrogen) atoms. The van der Waals surface area contributed by atoms with Gasteiger partial charge in [0.2, 0.25) is 0 Å². The van der Waals surface area contributed by atoms with E-state index in [1.165, 1.54) is 0 Å². The molecule has 1 saturated carbocycles. The number of aromatic amines is 3. The summed E-state index contributed by atoms with van der Waals surface area (Å²) in [6.07, 6.45) is 4.95. The molecule has 0 aromatic carbocycles. The third-order valence-electron chi connectivity index (χ3n) is 6.84. The summed E-state index contributed by atoms with van der Waals surface area (Å²) < 4.78 is 1.51. The van der Waals surface area contributed by atoms with Crippen LogP contribution >= 0.6 is 31.9 Å². The van der Waals surface area contributed by atoms with Gasteiger partial charge in [0.05, 0.1) is 6.20 Å². The summed E-state index contributed by atoms with van der Waals surface area (Å²) in [7, 11) is 0. The number of aromatic nitrogens is 4. The molecule has 1 aliphatic carbocycles. The predicted octanol–water partition coefficient (Wildman–Crippen LogP) is 0.792. The molecule has 0 spiro atoms. The Morgan fingerprint density at radius 2 is 1.57 bits per heavy atom. The fourth-order valence-corrected chi connectivity index (χ4v) is 5.91. The number of carbonyl (C=O) groups excluding carboxylic acids is 3. The lowest BCUT2D eigenvalue weighted by molar-refractivity contribution is -0.124. The highest BCUT2D eigenvalue weighted by Gasteiger charge is 2.57. The molecular weight excluding hydrogens is 612 g/mol. The Hall–Kier alpha value is -3.59. The van der Waals surface area contributed by atoms with Gasteiger partial charge >= 0.3 is 0 Å². The zero-order chi connectivity index (χ0) is 26.3. The van der Waals surface area contributed by atoms with Crippen molar-refractivity contribution in [1.29, 1.82) is 0 Å². The van der Waals surface area contributed by atoms with Crippen molar-refractivity contribution in [2.45, 2.75) is 12.0 Å².